The number of rotatable bonds is 5. The smallest absolute Gasteiger partial charge is 0.0951 e. The minimum atomic E-state index is -0.422. The first-order chi connectivity index (χ1) is 8.27. The van der Waals surface area contributed by atoms with Crippen LogP contribution in [0.3, 0.4) is 0 Å². The van der Waals surface area contributed by atoms with Crippen LogP contribution in [0.25, 0.3) is 0 Å². The predicted octanol–water partition coefficient (Wildman–Crippen LogP) is 2.79. The molecule has 1 N–H and O–H groups in total. The maximum absolute atomic E-state index is 10.5. The van der Waals surface area contributed by atoms with Gasteiger partial charge in [-0.1, -0.05) is 19.3 Å². The standard InChI is InChI=1S/C13H21NO2S/c1-2-16-13(6-4-3-5-7-13)11(15)10-12-14-8-9-17-12/h8-9,11,15H,2-7,10H2,1H3. The highest BCUT2D eigenvalue weighted by atomic mass is 32.1. The van der Waals surface area contributed by atoms with Crippen molar-refractivity contribution in [1.29, 1.82) is 0 Å². The minimum Gasteiger partial charge on any atom is -0.390 e. The number of aliphatic hydroxyl groups excluding tert-OH is 1. The average molecular weight is 255 g/mol. The van der Waals surface area contributed by atoms with Crippen LogP contribution in [0.15, 0.2) is 11.6 Å². The highest BCUT2D eigenvalue weighted by molar-refractivity contribution is 7.09. The minimum absolute atomic E-state index is 0.321. The summed E-state index contributed by atoms with van der Waals surface area (Å²) in [6.45, 7) is 2.68. The highest BCUT2D eigenvalue weighted by Gasteiger charge is 2.40. The zero-order chi connectivity index (χ0) is 12.1. The highest BCUT2D eigenvalue weighted by Crippen LogP contribution is 2.35. The molecule has 1 aromatic rings. The Bertz CT molecular complexity index is 315. The van der Waals surface area contributed by atoms with Crippen LogP contribution < -0.4 is 0 Å². The molecular weight excluding hydrogens is 234 g/mol. The van der Waals surface area contributed by atoms with E-state index in [2.05, 4.69) is 4.98 Å². The summed E-state index contributed by atoms with van der Waals surface area (Å²) < 4.78 is 5.91. The number of ether oxygens (including phenoxy) is 1. The van der Waals surface area contributed by atoms with E-state index in [0.717, 1.165) is 30.7 Å². The van der Waals surface area contributed by atoms with Crippen molar-refractivity contribution in [2.24, 2.45) is 0 Å². The van der Waals surface area contributed by atoms with Crippen molar-refractivity contribution < 1.29 is 9.84 Å². The summed E-state index contributed by atoms with van der Waals surface area (Å²) in [6.07, 6.45) is 7.54. The van der Waals surface area contributed by atoms with Gasteiger partial charge in [-0.3, -0.25) is 0 Å². The van der Waals surface area contributed by atoms with Gasteiger partial charge >= 0.3 is 0 Å². The molecule has 1 aliphatic rings. The fraction of sp³-hybridized carbons (Fsp3) is 0.769. The van der Waals surface area contributed by atoms with E-state index in [1.54, 1.807) is 17.5 Å². The quantitative estimate of drug-likeness (QED) is 0.879. The van der Waals surface area contributed by atoms with Gasteiger partial charge in [-0.25, -0.2) is 4.98 Å². The first kappa shape index (κ1) is 13.0. The van der Waals surface area contributed by atoms with E-state index >= 15 is 0 Å². The van der Waals surface area contributed by atoms with Crippen molar-refractivity contribution in [3.05, 3.63) is 16.6 Å². The zero-order valence-corrected chi connectivity index (χ0v) is 11.2. The third-order valence-corrected chi connectivity index (χ3v) is 4.39. The Kier molecular flexibility index (Phi) is 4.54. The van der Waals surface area contributed by atoms with E-state index in [9.17, 15) is 5.11 Å². The topological polar surface area (TPSA) is 42.4 Å². The molecule has 1 aliphatic carbocycles. The van der Waals surface area contributed by atoms with Crippen LogP contribution in [0.2, 0.25) is 0 Å². The Hall–Kier alpha value is -0.450. The lowest BCUT2D eigenvalue weighted by molar-refractivity contribution is -0.138. The van der Waals surface area contributed by atoms with Gasteiger partial charge in [0.15, 0.2) is 0 Å². The summed E-state index contributed by atoms with van der Waals surface area (Å²) in [6, 6.07) is 0. The average Bonchev–Trinajstić information content (AvgIpc) is 2.83. The van der Waals surface area contributed by atoms with Crippen molar-refractivity contribution in [1.82, 2.24) is 4.98 Å². The SMILES string of the molecule is CCOC1(C(O)Cc2nccs2)CCCCC1. The van der Waals surface area contributed by atoms with Gasteiger partial charge in [0.1, 0.15) is 0 Å². The maximum atomic E-state index is 10.5. The largest absolute Gasteiger partial charge is 0.390 e. The van der Waals surface area contributed by atoms with Crippen molar-refractivity contribution in [3.63, 3.8) is 0 Å². The normalized spacial score (nSPS) is 21.3. The molecule has 1 aromatic heterocycles. The Morgan fingerprint density at radius 3 is 2.82 bits per heavy atom. The van der Waals surface area contributed by atoms with Gasteiger partial charge in [-0.2, -0.15) is 0 Å². The second-order valence-electron chi connectivity index (χ2n) is 4.70. The Balaban J connectivity index is 2.03. The van der Waals surface area contributed by atoms with E-state index in [0.29, 0.717) is 13.0 Å². The molecule has 96 valence electrons. The number of nitrogens with zero attached hydrogens (tertiary/aromatic N) is 1. The number of hydrogen-bond acceptors (Lipinski definition) is 4. The van der Waals surface area contributed by atoms with Crippen LogP contribution in [0, 0.1) is 0 Å². The van der Waals surface area contributed by atoms with Gasteiger partial charge in [0.05, 0.1) is 16.7 Å². The number of hydrogen-bond donors (Lipinski definition) is 1. The lowest BCUT2D eigenvalue weighted by Gasteiger charge is -2.40. The number of thiazole rings is 1. The molecule has 2 rings (SSSR count). The molecule has 0 aromatic carbocycles. The third-order valence-electron chi connectivity index (χ3n) is 3.59. The van der Waals surface area contributed by atoms with Crippen molar-refractivity contribution in [2.75, 3.05) is 6.61 Å². The molecule has 0 radical (unpaired) electrons. The van der Waals surface area contributed by atoms with Crippen LogP contribution in [0.1, 0.15) is 44.0 Å². The molecule has 0 saturated heterocycles. The van der Waals surface area contributed by atoms with Gasteiger partial charge in [0.25, 0.3) is 0 Å². The van der Waals surface area contributed by atoms with E-state index in [-0.39, 0.29) is 5.60 Å². The van der Waals surface area contributed by atoms with Crippen LogP contribution in [-0.2, 0) is 11.2 Å². The molecule has 1 saturated carbocycles. The second-order valence-corrected chi connectivity index (χ2v) is 5.68. The molecule has 17 heavy (non-hydrogen) atoms. The third kappa shape index (κ3) is 3.06. The van der Waals surface area contributed by atoms with Crippen LogP contribution in [0.5, 0.6) is 0 Å². The van der Waals surface area contributed by atoms with Crippen LogP contribution in [0.4, 0.5) is 0 Å². The monoisotopic (exact) mass is 255 g/mol. The molecule has 1 unspecified atom stereocenters. The summed E-state index contributed by atoms with van der Waals surface area (Å²) in [5, 5.41) is 13.4. The van der Waals surface area contributed by atoms with Crippen molar-refractivity contribution in [3.8, 4) is 0 Å². The molecule has 0 amide bonds. The van der Waals surface area contributed by atoms with Gasteiger partial charge < -0.3 is 9.84 Å². The predicted molar refractivity (Wildman–Crippen MR) is 69.3 cm³/mol. The van der Waals surface area contributed by atoms with Crippen molar-refractivity contribution in [2.45, 2.75) is 57.2 Å². The first-order valence-corrected chi connectivity index (χ1v) is 7.35. The fourth-order valence-corrected chi connectivity index (χ4v) is 3.37. The van der Waals surface area contributed by atoms with Crippen molar-refractivity contribution >= 4 is 11.3 Å². The zero-order valence-electron chi connectivity index (χ0n) is 10.4. The van der Waals surface area contributed by atoms with Crippen LogP contribution in [-0.4, -0.2) is 28.4 Å². The molecular formula is C13H21NO2S. The molecule has 3 nitrogen and oxygen atoms in total. The second kappa shape index (κ2) is 5.94. The Labute approximate surface area is 107 Å². The summed E-state index contributed by atoms with van der Waals surface area (Å²) in [5.74, 6) is 0. The van der Waals surface area contributed by atoms with E-state index in [4.69, 9.17) is 4.74 Å². The lowest BCUT2D eigenvalue weighted by Crippen LogP contribution is -2.47. The van der Waals surface area contributed by atoms with Gasteiger partial charge in [-0.05, 0) is 19.8 Å². The molecule has 4 heteroatoms. The first-order valence-electron chi connectivity index (χ1n) is 6.47. The number of aliphatic hydroxyl groups is 1. The lowest BCUT2D eigenvalue weighted by atomic mass is 9.79. The van der Waals surface area contributed by atoms with E-state index in [1.807, 2.05) is 12.3 Å². The fourth-order valence-electron chi connectivity index (χ4n) is 2.72. The van der Waals surface area contributed by atoms with E-state index in [1.165, 1.54) is 6.42 Å². The summed E-state index contributed by atoms with van der Waals surface area (Å²) >= 11 is 1.61. The molecule has 1 fully saturated rings. The maximum Gasteiger partial charge on any atom is 0.0951 e. The molecule has 1 atom stereocenters. The summed E-state index contributed by atoms with van der Waals surface area (Å²) in [7, 11) is 0. The molecule has 0 aliphatic heterocycles. The molecule has 0 bridgehead atoms. The van der Waals surface area contributed by atoms with Crippen LogP contribution >= 0.6 is 11.3 Å². The molecule has 1 heterocycles. The van der Waals surface area contributed by atoms with Gasteiger partial charge in [-0.15, -0.1) is 11.3 Å². The van der Waals surface area contributed by atoms with Gasteiger partial charge in [0.2, 0.25) is 0 Å². The summed E-state index contributed by atoms with van der Waals surface area (Å²) in [4.78, 5) is 4.25. The summed E-state index contributed by atoms with van der Waals surface area (Å²) in [5.41, 5.74) is -0.321. The number of aromatic nitrogens is 1. The van der Waals surface area contributed by atoms with E-state index < -0.39 is 6.10 Å². The van der Waals surface area contributed by atoms with Gasteiger partial charge in [0, 0.05) is 24.6 Å². The Morgan fingerprint density at radius 1 is 1.47 bits per heavy atom. The molecule has 0 spiro atoms. The Morgan fingerprint density at radius 2 is 2.24 bits per heavy atom.